The molecule has 0 unspecified atom stereocenters. The largest absolute Gasteiger partial charge is 0.481 e. The van der Waals surface area contributed by atoms with E-state index < -0.39 is 69.6 Å². The lowest BCUT2D eigenvalue weighted by molar-refractivity contribution is -0.145. The van der Waals surface area contributed by atoms with Gasteiger partial charge in [0.05, 0.1) is 24.9 Å². The van der Waals surface area contributed by atoms with Crippen LogP contribution in [0.5, 0.6) is 0 Å². The molecular formula is C56H92N6O18S. The number of nitrogens with one attached hydrogen (secondary N) is 5. The normalized spacial score (nSPS) is 12.1. The number of aryl methyl sites for hydroxylation is 1. The number of carboxylic acids is 3. The smallest absolute Gasteiger partial charge is 0.326 e. The summed E-state index contributed by atoms with van der Waals surface area (Å²) in [5, 5.41) is 37.9. The summed E-state index contributed by atoms with van der Waals surface area (Å²) in [6.45, 7) is 7.84. The first-order valence-electron chi connectivity index (χ1n) is 28.4. The SMILES string of the molecule is CCC(=O)CC[C@H](NC(=O)CC[C@H](CC(=O)CCCCCCCCCCCNC(=O)CCCS(=O)(=O)NC(=O)CCCCC(=O)O)C(=O)O)C(=O)O.CCCOCCOCC(=O)N[C@@H](CCCCNC(=O)c1ccc(C)cc1)C(N)=O. The molecule has 81 heavy (non-hydrogen) atoms. The van der Waals surface area contributed by atoms with Gasteiger partial charge in [-0.3, -0.25) is 52.7 Å². The molecule has 0 aliphatic heterocycles. The average molecular weight is 1170 g/mol. The number of carbonyl (C=O) groups is 11. The number of aliphatic carboxylic acids is 3. The third-order valence-corrected chi connectivity index (χ3v) is 13.9. The number of hydrogen-bond acceptors (Lipinski definition) is 15. The highest BCUT2D eigenvalue weighted by molar-refractivity contribution is 7.90. The Morgan fingerprint density at radius 1 is 0.543 bits per heavy atom. The van der Waals surface area contributed by atoms with Gasteiger partial charge in [-0.1, -0.05) is 76.5 Å². The number of nitrogens with two attached hydrogens (primary N) is 1. The number of unbranched alkanes of at least 4 members (excludes halogenated alkanes) is 10. The number of carboxylic acid groups (broad SMARTS) is 3. The molecule has 0 aromatic heterocycles. The number of sulfonamides is 1. The van der Waals surface area contributed by atoms with Crippen molar-refractivity contribution in [1.29, 1.82) is 0 Å². The average Bonchev–Trinajstić information content (AvgIpc) is 3.41. The van der Waals surface area contributed by atoms with E-state index in [1.165, 1.54) is 0 Å². The fraction of sp³-hybridized carbons (Fsp3) is 0.696. The van der Waals surface area contributed by atoms with E-state index in [0.717, 1.165) is 63.4 Å². The molecule has 0 bridgehead atoms. The van der Waals surface area contributed by atoms with E-state index in [1.54, 1.807) is 19.1 Å². The van der Waals surface area contributed by atoms with E-state index in [0.29, 0.717) is 64.2 Å². The molecule has 0 saturated carbocycles. The molecule has 0 aliphatic rings. The Morgan fingerprint density at radius 3 is 1.72 bits per heavy atom. The van der Waals surface area contributed by atoms with Crippen LogP contribution < -0.4 is 31.7 Å². The van der Waals surface area contributed by atoms with E-state index in [4.69, 9.17) is 20.3 Å². The lowest BCUT2D eigenvalue weighted by Gasteiger charge is -2.15. The predicted molar refractivity (Wildman–Crippen MR) is 301 cm³/mol. The second kappa shape index (κ2) is 46.3. The highest BCUT2D eigenvalue weighted by atomic mass is 32.2. The summed E-state index contributed by atoms with van der Waals surface area (Å²) in [7, 11) is -3.86. The molecule has 0 fully saturated rings. The van der Waals surface area contributed by atoms with Crippen molar-refractivity contribution in [1.82, 2.24) is 26.0 Å². The molecule has 10 N–H and O–H groups in total. The van der Waals surface area contributed by atoms with Crippen LogP contribution in [0.15, 0.2) is 24.3 Å². The van der Waals surface area contributed by atoms with Crippen LogP contribution in [0, 0.1) is 12.8 Å². The van der Waals surface area contributed by atoms with Crippen LogP contribution in [0.3, 0.4) is 0 Å². The van der Waals surface area contributed by atoms with Crippen LogP contribution in [-0.4, -0.2) is 146 Å². The van der Waals surface area contributed by atoms with Gasteiger partial charge in [-0.25, -0.2) is 13.2 Å². The molecule has 25 heteroatoms. The third-order valence-electron chi connectivity index (χ3n) is 12.5. The summed E-state index contributed by atoms with van der Waals surface area (Å²) >= 11 is 0. The number of ketones is 2. The zero-order valence-electron chi connectivity index (χ0n) is 47.8. The van der Waals surface area contributed by atoms with E-state index in [2.05, 4.69) is 21.3 Å². The number of rotatable bonds is 49. The lowest BCUT2D eigenvalue weighted by atomic mass is 9.94. The van der Waals surface area contributed by atoms with Crippen LogP contribution in [0.1, 0.15) is 197 Å². The number of hydrogen-bond donors (Lipinski definition) is 9. The zero-order valence-corrected chi connectivity index (χ0v) is 48.6. The fourth-order valence-electron chi connectivity index (χ4n) is 7.79. The zero-order chi connectivity index (χ0) is 60.9. The second-order valence-corrected chi connectivity index (χ2v) is 21.7. The Balaban J connectivity index is 0.00000185. The Morgan fingerprint density at radius 2 is 1.11 bits per heavy atom. The summed E-state index contributed by atoms with van der Waals surface area (Å²) in [5.74, 6) is -7.90. The minimum Gasteiger partial charge on any atom is -0.481 e. The standard InChI is InChI=1S/C35H59N3O13S.C21H33N3O5/c1-2-27(39)20-21-29(35(48)49)37-31(42)22-19-26(34(46)47)25-28(40)15-10-8-6-4-3-5-7-9-13-23-36-30(41)17-14-24-52(50,51)38-32(43)16-11-12-18-33(44)45;1-3-12-28-13-14-29-15-19(25)24-18(20(22)26)6-4-5-11-23-21(27)17-9-7-16(2)8-10-17/h26,29H,2-25H2,1H3,(H,36,41)(H,37,42)(H,38,43)(H,44,45)(H,46,47)(H,48,49);7-10,18H,3-6,11-15H2,1-2H3,(H2,22,26)(H,23,27)(H,24,25)/t26-,29+;18-/m10/s1. The highest BCUT2D eigenvalue weighted by Crippen LogP contribution is 2.17. The van der Waals surface area contributed by atoms with E-state index >= 15 is 0 Å². The van der Waals surface area contributed by atoms with Gasteiger partial charge in [0.15, 0.2) is 0 Å². The minimum atomic E-state index is -3.86. The molecular weight excluding hydrogens is 1080 g/mol. The molecule has 1 aromatic carbocycles. The molecule has 3 atom stereocenters. The molecule has 0 spiro atoms. The number of Topliss-reactive ketones (excluding diaryl/α,β-unsaturated/α-hetero) is 2. The molecule has 0 saturated heterocycles. The molecule has 6 amide bonds. The molecule has 1 aromatic rings. The Labute approximate surface area is 477 Å². The first-order chi connectivity index (χ1) is 38.5. The van der Waals surface area contributed by atoms with Gasteiger partial charge in [-0.15, -0.1) is 0 Å². The van der Waals surface area contributed by atoms with Gasteiger partial charge in [0.25, 0.3) is 5.91 Å². The van der Waals surface area contributed by atoms with E-state index in [-0.39, 0.29) is 119 Å². The summed E-state index contributed by atoms with van der Waals surface area (Å²) in [6, 6.07) is 5.33. The van der Waals surface area contributed by atoms with Gasteiger partial charge >= 0.3 is 17.9 Å². The van der Waals surface area contributed by atoms with Crippen molar-refractivity contribution in [2.45, 2.75) is 200 Å². The van der Waals surface area contributed by atoms with Crippen molar-refractivity contribution in [3.63, 3.8) is 0 Å². The van der Waals surface area contributed by atoms with Crippen LogP contribution in [0.2, 0.25) is 0 Å². The van der Waals surface area contributed by atoms with Crippen molar-refractivity contribution >= 4 is 74.9 Å². The molecule has 0 heterocycles. The summed E-state index contributed by atoms with van der Waals surface area (Å²) in [4.78, 5) is 129. The second-order valence-electron chi connectivity index (χ2n) is 19.8. The first-order valence-corrected chi connectivity index (χ1v) is 30.0. The third kappa shape index (κ3) is 43.1. The number of amides is 6. The molecule has 24 nitrogen and oxygen atoms in total. The quantitative estimate of drug-likeness (QED) is 0.0390. The maximum atomic E-state index is 12.4. The molecule has 1 rings (SSSR count). The number of benzene rings is 1. The van der Waals surface area contributed by atoms with Crippen molar-refractivity contribution in [3.05, 3.63) is 35.4 Å². The Bertz CT molecular complexity index is 2190. The first kappa shape index (κ1) is 74.7. The van der Waals surface area contributed by atoms with Crippen LogP contribution in [0.4, 0.5) is 0 Å². The van der Waals surface area contributed by atoms with Gasteiger partial charge in [-0.05, 0) is 89.7 Å². The van der Waals surface area contributed by atoms with Crippen molar-refractivity contribution in [3.8, 4) is 0 Å². The van der Waals surface area contributed by atoms with E-state index in [1.807, 2.05) is 30.7 Å². The van der Waals surface area contributed by atoms with Gasteiger partial charge in [0.1, 0.15) is 30.3 Å². The summed E-state index contributed by atoms with van der Waals surface area (Å²) < 4.78 is 36.4. The summed E-state index contributed by atoms with van der Waals surface area (Å²) in [6.07, 6.45) is 11.2. The van der Waals surface area contributed by atoms with Gasteiger partial charge < -0.3 is 51.8 Å². The summed E-state index contributed by atoms with van der Waals surface area (Å²) in [5.41, 5.74) is 7.06. The molecule has 0 radical (unpaired) electrons. The number of primary amides is 1. The fourth-order valence-corrected chi connectivity index (χ4v) is 8.87. The van der Waals surface area contributed by atoms with Crippen LogP contribution in [-0.2, 0) is 67.4 Å². The van der Waals surface area contributed by atoms with Crippen molar-refractivity contribution < 1.29 is 86.0 Å². The topological polar surface area (TPSA) is 387 Å². The maximum Gasteiger partial charge on any atom is 0.326 e. The molecule has 0 aliphatic carbocycles. The number of carbonyl (C=O) groups excluding carboxylic acids is 8. The van der Waals surface area contributed by atoms with Crippen LogP contribution >= 0.6 is 0 Å². The Kier molecular flexibility index (Phi) is 42.7. The van der Waals surface area contributed by atoms with E-state index in [9.17, 15) is 71.4 Å². The van der Waals surface area contributed by atoms with Crippen LogP contribution in [0.25, 0.3) is 0 Å². The van der Waals surface area contributed by atoms with Gasteiger partial charge in [0.2, 0.25) is 39.6 Å². The Hall–Kier alpha value is -6.34. The van der Waals surface area contributed by atoms with Gasteiger partial charge in [-0.2, -0.15) is 0 Å². The molecule has 460 valence electrons. The van der Waals surface area contributed by atoms with Gasteiger partial charge in [0, 0.05) is 76.6 Å². The highest BCUT2D eigenvalue weighted by Gasteiger charge is 2.25. The van der Waals surface area contributed by atoms with Crippen molar-refractivity contribution in [2.75, 3.05) is 45.3 Å². The monoisotopic (exact) mass is 1170 g/mol. The van der Waals surface area contributed by atoms with Crippen molar-refractivity contribution in [2.24, 2.45) is 11.7 Å². The minimum absolute atomic E-state index is 0.0134. The predicted octanol–water partition coefficient (Wildman–Crippen LogP) is 4.95. The lowest BCUT2D eigenvalue weighted by Crippen LogP contribution is -2.45. The maximum absolute atomic E-state index is 12.4. The number of ether oxygens (including phenoxy) is 2.